The van der Waals surface area contributed by atoms with Crippen molar-refractivity contribution in [3.63, 3.8) is 0 Å². The molecule has 0 aliphatic heterocycles. The number of halogens is 1. The zero-order valence-electron chi connectivity index (χ0n) is 10.8. The second-order valence-electron chi connectivity index (χ2n) is 4.39. The lowest BCUT2D eigenvalue weighted by atomic mass is 10.1. The van der Waals surface area contributed by atoms with Crippen molar-refractivity contribution in [3.8, 4) is 22.8 Å². The van der Waals surface area contributed by atoms with Crippen LogP contribution in [0.2, 0.25) is 0 Å². The predicted octanol–water partition coefficient (Wildman–Crippen LogP) is 4.06. The highest BCUT2D eigenvalue weighted by molar-refractivity contribution is 9.10. The van der Waals surface area contributed by atoms with E-state index in [1.807, 2.05) is 43.3 Å². The molecule has 2 N–H and O–H groups in total. The van der Waals surface area contributed by atoms with Gasteiger partial charge in [0.05, 0.1) is 16.4 Å². The Morgan fingerprint density at radius 2 is 1.85 bits per heavy atom. The molecule has 0 aliphatic rings. The van der Waals surface area contributed by atoms with Gasteiger partial charge in [0.15, 0.2) is 11.6 Å². The van der Waals surface area contributed by atoms with Gasteiger partial charge in [0.2, 0.25) is 0 Å². The van der Waals surface area contributed by atoms with Gasteiger partial charge in [-0.15, -0.1) is 0 Å². The number of aromatic nitrogens is 2. The number of rotatable bonds is 2. The lowest BCUT2D eigenvalue weighted by Gasteiger charge is -2.08. The predicted molar refractivity (Wildman–Crippen MR) is 82.0 cm³/mol. The number of hydrogen-bond donors (Lipinski definition) is 1. The van der Waals surface area contributed by atoms with Gasteiger partial charge in [-0.25, -0.2) is 9.97 Å². The molecule has 0 saturated heterocycles. The van der Waals surface area contributed by atoms with Crippen LogP contribution in [0.15, 0.2) is 51.6 Å². The monoisotopic (exact) mass is 329 g/mol. The summed E-state index contributed by atoms with van der Waals surface area (Å²) in [6.45, 7) is 1.95. The summed E-state index contributed by atoms with van der Waals surface area (Å²) in [7, 11) is 0. The van der Waals surface area contributed by atoms with Crippen molar-refractivity contribution >= 4 is 21.7 Å². The molecule has 1 aromatic carbocycles. The Bertz CT molecular complexity index is 753. The first-order chi connectivity index (χ1) is 9.66. The van der Waals surface area contributed by atoms with Crippen molar-refractivity contribution in [2.45, 2.75) is 6.92 Å². The van der Waals surface area contributed by atoms with E-state index in [2.05, 4.69) is 25.9 Å². The molecule has 3 aromatic rings. The Morgan fingerprint density at radius 3 is 2.50 bits per heavy atom. The van der Waals surface area contributed by atoms with Gasteiger partial charge < -0.3 is 10.2 Å². The van der Waals surface area contributed by atoms with Gasteiger partial charge in [0.1, 0.15) is 5.82 Å². The largest absolute Gasteiger partial charge is 0.461 e. The number of aryl methyl sites for hydroxylation is 1. The fourth-order valence-corrected chi connectivity index (χ4v) is 2.36. The van der Waals surface area contributed by atoms with Gasteiger partial charge in [-0.05, 0) is 34.5 Å². The van der Waals surface area contributed by atoms with Crippen LogP contribution in [0.3, 0.4) is 0 Å². The highest BCUT2D eigenvalue weighted by atomic mass is 79.9. The SMILES string of the molecule is Cc1ccoc1-c1nc(N)c(Br)c(-c2ccccc2)n1. The summed E-state index contributed by atoms with van der Waals surface area (Å²) in [5.74, 6) is 1.53. The van der Waals surface area contributed by atoms with Crippen LogP contribution in [0, 0.1) is 6.92 Å². The number of benzene rings is 1. The summed E-state index contributed by atoms with van der Waals surface area (Å²) in [4.78, 5) is 8.86. The Labute approximate surface area is 124 Å². The van der Waals surface area contributed by atoms with Crippen LogP contribution in [-0.4, -0.2) is 9.97 Å². The Balaban J connectivity index is 2.21. The molecular weight excluding hydrogens is 318 g/mol. The third kappa shape index (κ3) is 2.20. The van der Waals surface area contributed by atoms with Crippen molar-refractivity contribution in [2.75, 3.05) is 5.73 Å². The van der Waals surface area contributed by atoms with Crippen molar-refractivity contribution in [1.29, 1.82) is 0 Å². The van der Waals surface area contributed by atoms with Crippen LogP contribution < -0.4 is 5.73 Å². The second kappa shape index (κ2) is 5.09. The molecule has 0 saturated carbocycles. The normalized spacial score (nSPS) is 10.7. The third-order valence-electron chi connectivity index (χ3n) is 2.99. The topological polar surface area (TPSA) is 64.9 Å². The zero-order chi connectivity index (χ0) is 14.1. The number of nitrogens with zero attached hydrogens (tertiary/aromatic N) is 2. The molecule has 20 heavy (non-hydrogen) atoms. The van der Waals surface area contributed by atoms with Crippen LogP contribution in [0.4, 0.5) is 5.82 Å². The van der Waals surface area contributed by atoms with Gasteiger partial charge >= 0.3 is 0 Å². The van der Waals surface area contributed by atoms with Gasteiger partial charge in [-0.3, -0.25) is 0 Å². The Kier molecular flexibility index (Phi) is 3.28. The van der Waals surface area contributed by atoms with E-state index in [4.69, 9.17) is 10.2 Å². The van der Waals surface area contributed by atoms with Crippen LogP contribution in [0.5, 0.6) is 0 Å². The van der Waals surface area contributed by atoms with E-state index in [0.29, 0.717) is 21.9 Å². The fourth-order valence-electron chi connectivity index (χ4n) is 1.96. The minimum absolute atomic E-state index is 0.393. The molecule has 0 atom stereocenters. The summed E-state index contributed by atoms with van der Waals surface area (Å²) < 4.78 is 6.13. The molecule has 4 nitrogen and oxygen atoms in total. The van der Waals surface area contributed by atoms with Gasteiger partial charge in [0.25, 0.3) is 0 Å². The quantitative estimate of drug-likeness (QED) is 0.770. The molecule has 2 aromatic heterocycles. The first kappa shape index (κ1) is 12.9. The summed E-state index contributed by atoms with van der Waals surface area (Å²) in [5.41, 5.74) is 8.68. The Morgan fingerprint density at radius 1 is 1.10 bits per heavy atom. The molecular formula is C15H12BrN3O. The maximum absolute atomic E-state index is 5.98. The molecule has 5 heteroatoms. The molecule has 2 heterocycles. The summed E-state index contributed by atoms with van der Waals surface area (Å²) in [6, 6.07) is 11.7. The van der Waals surface area contributed by atoms with E-state index >= 15 is 0 Å². The fraction of sp³-hybridized carbons (Fsp3) is 0.0667. The number of anilines is 1. The van der Waals surface area contributed by atoms with Crippen molar-refractivity contribution in [3.05, 3.63) is 52.7 Å². The number of hydrogen-bond acceptors (Lipinski definition) is 4. The molecule has 0 bridgehead atoms. The number of nitrogens with two attached hydrogens (primary N) is 1. The first-order valence-electron chi connectivity index (χ1n) is 6.09. The van der Waals surface area contributed by atoms with E-state index < -0.39 is 0 Å². The number of nitrogen functional groups attached to an aromatic ring is 1. The minimum Gasteiger partial charge on any atom is -0.461 e. The van der Waals surface area contributed by atoms with E-state index in [-0.39, 0.29) is 0 Å². The maximum atomic E-state index is 5.98. The second-order valence-corrected chi connectivity index (χ2v) is 5.19. The van der Waals surface area contributed by atoms with Gasteiger partial charge in [0, 0.05) is 5.56 Å². The third-order valence-corrected chi connectivity index (χ3v) is 3.77. The highest BCUT2D eigenvalue weighted by Gasteiger charge is 2.16. The lowest BCUT2D eigenvalue weighted by molar-refractivity contribution is 0.576. The van der Waals surface area contributed by atoms with Crippen LogP contribution in [-0.2, 0) is 0 Å². The molecule has 100 valence electrons. The molecule has 0 spiro atoms. The van der Waals surface area contributed by atoms with Gasteiger partial charge in [-0.2, -0.15) is 0 Å². The average Bonchev–Trinajstić information content (AvgIpc) is 2.89. The molecule has 3 rings (SSSR count). The first-order valence-corrected chi connectivity index (χ1v) is 6.89. The lowest BCUT2D eigenvalue weighted by Crippen LogP contribution is -2.00. The zero-order valence-corrected chi connectivity index (χ0v) is 12.4. The molecule has 0 aliphatic carbocycles. The summed E-state index contributed by atoms with van der Waals surface area (Å²) in [6.07, 6.45) is 1.62. The van der Waals surface area contributed by atoms with E-state index in [0.717, 1.165) is 16.8 Å². The standard InChI is InChI=1S/C15H12BrN3O/c1-9-7-8-20-13(9)15-18-12(11(16)14(17)19-15)10-5-3-2-4-6-10/h2-8H,1H3,(H2,17,18,19). The van der Waals surface area contributed by atoms with E-state index in [9.17, 15) is 0 Å². The molecule has 0 amide bonds. The van der Waals surface area contributed by atoms with Crippen molar-refractivity contribution in [2.24, 2.45) is 0 Å². The molecule has 0 fully saturated rings. The smallest absolute Gasteiger partial charge is 0.198 e. The Hall–Kier alpha value is -2.14. The molecule has 0 unspecified atom stereocenters. The van der Waals surface area contributed by atoms with Gasteiger partial charge in [-0.1, -0.05) is 30.3 Å². The molecule has 0 radical (unpaired) electrons. The minimum atomic E-state index is 0.393. The number of furan rings is 1. The van der Waals surface area contributed by atoms with E-state index in [1.54, 1.807) is 6.26 Å². The van der Waals surface area contributed by atoms with Crippen LogP contribution >= 0.6 is 15.9 Å². The average molecular weight is 330 g/mol. The highest BCUT2D eigenvalue weighted by Crippen LogP contribution is 2.33. The summed E-state index contributed by atoms with van der Waals surface area (Å²) >= 11 is 3.45. The van der Waals surface area contributed by atoms with Crippen LogP contribution in [0.1, 0.15) is 5.56 Å². The van der Waals surface area contributed by atoms with Crippen molar-refractivity contribution < 1.29 is 4.42 Å². The maximum Gasteiger partial charge on any atom is 0.198 e. The van der Waals surface area contributed by atoms with Crippen molar-refractivity contribution in [1.82, 2.24) is 9.97 Å². The van der Waals surface area contributed by atoms with E-state index in [1.165, 1.54) is 0 Å². The summed E-state index contributed by atoms with van der Waals surface area (Å²) in [5, 5.41) is 0. The van der Waals surface area contributed by atoms with Crippen LogP contribution in [0.25, 0.3) is 22.8 Å².